The van der Waals surface area contributed by atoms with Crippen LogP contribution in [0.5, 0.6) is 11.5 Å². The van der Waals surface area contributed by atoms with Crippen molar-refractivity contribution in [3.05, 3.63) is 65.9 Å². The Kier molecular flexibility index (Phi) is 3.31. The Morgan fingerprint density at radius 3 is 2.91 bits per heavy atom. The van der Waals surface area contributed by atoms with Crippen LogP contribution in [0.2, 0.25) is 0 Å². The zero-order valence-corrected chi connectivity index (χ0v) is 12.3. The number of benzene rings is 2. The fourth-order valence-electron chi connectivity index (χ4n) is 2.54. The molecule has 3 aromatic rings. The highest BCUT2D eigenvalue weighted by Gasteiger charge is 2.16. The van der Waals surface area contributed by atoms with E-state index in [2.05, 4.69) is 10.3 Å². The minimum Gasteiger partial charge on any atom is -0.454 e. The van der Waals surface area contributed by atoms with Crippen LogP contribution in [0.1, 0.15) is 15.9 Å². The van der Waals surface area contributed by atoms with E-state index in [-0.39, 0.29) is 12.7 Å². The number of rotatable bonds is 3. The summed E-state index contributed by atoms with van der Waals surface area (Å²) in [5.74, 6) is 1.11. The van der Waals surface area contributed by atoms with Gasteiger partial charge in [-0.25, -0.2) is 0 Å². The normalized spacial score (nSPS) is 12.3. The second-order valence-corrected chi connectivity index (χ2v) is 5.29. The van der Waals surface area contributed by atoms with Crippen LogP contribution in [0.4, 0.5) is 0 Å². The van der Waals surface area contributed by atoms with Gasteiger partial charge in [-0.05, 0) is 35.9 Å². The lowest BCUT2D eigenvalue weighted by Crippen LogP contribution is -2.22. The van der Waals surface area contributed by atoms with E-state index in [1.54, 1.807) is 24.4 Å². The van der Waals surface area contributed by atoms with Crippen molar-refractivity contribution >= 4 is 16.8 Å². The summed E-state index contributed by atoms with van der Waals surface area (Å²) < 4.78 is 10.5. The molecule has 0 bridgehead atoms. The molecule has 0 atom stereocenters. The number of hydrogen-bond acceptors (Lipinski definition) is 4. The van der Waals surface area contributed by atoms with Crippen LogP contribution >= 0.6 is 0 Å². The molecule has 5 heteroatoms. The van der Waals surface area contributed by atoms with Gasteiger partial charge in [-0.1, -0.05) is 18.2 Å². The van der Waals surface area contributed by atoms with E-state index in [0.29, 0.717) is 23.6 Å². The molecule has 5 nitrogen and oxygen atoms in total. The van der Waals surface area contributed by atoms with Gasteiger partial charge in [-0.15, -0.1) is 0 Å². The molecule has 1 aliphatic rings. The fraction of sp³-hybridized carbons (Fsp3) is 0.111. The lowest BCUT2D eigenvalue weighted by Gasteiger charge is -2.07. The first-order valence-electron chi connectivity index (χ1n) is 7.31. The molecule has 4 rings (SSSR count). The summed E-state index contributed by atoms with van der Waals surface area (Å²) in [5.41, 5.74) is 2.44. The first-order valence-corrected chi connectivity index (χ1v) is 7.31. The van der Waals surface area contributed by atoms with Crippen molar-refractivity contribution in [1.29, 1.82) is 0 Å². The number of aromatic nitrogens is 1. The lowest BCUT2D eigenvalue weighted by molar-refractivity contribution is 0.0950. The Balaban J connectivity index is 1.48. The summed E-state index contributed by atoms with van der Waals surface area (Å²) in [4.78, 5) is 16.6. The number of nitrogens with one attached hydrogen (secondary N) is 1. The molecular formula is C18H14N2O3. The SMILES string of the molecule is O=C(NCc1cnc2ccccc2c1)c1ccc2c(c1)OCO2. The Hall–Kier alpha value is -3.08. The van der Waals surface area contributed by atoms with E-state index in [4.69, 9.17) is 9.47 Å². The second kappa shape index (κ2) is 5.61. The summed E-state index contributed by atoms with van der Waals surface area (Å²) in [7, 11) is 0. The van der Waals surface area contributed by atoms with Gasteiger partial charge in [0.2, 0.25) is 6.79 Å². The average molecular weight is 306 g/mol. The van der Waals surface area contributed by atoms with Crippen LogP contribution in [0.25, 0.3) is 10.9 Å². The molecule has 1 amide bonds. The molecule has 0 unspecified atom stereocenters. The Morgan fingerprint density at radius 2 is 1.96 bits per heavy atom. The number of amides is 1. The van der Waals surface area contributed by atoms with Gasteiger partial charge in [0.1, 0.15) is 0 Å². The quantitative estimate of drug-likeness (QED) is 0.808. The zero-order valence-electron chi connectivity index (χ0n) is 12.3. The molecule has 0 saturated carbocycles. The van der Waals surface area contributed by atoms with Crippen LogP contribution in [-0.4, -0.2) is 17.7 Å². The predicted octanol–water partition coefficient (Wildman–Crippen LogP) is 2.89. The third-order valence-electron chi connectivity index (χ3n) is 3.73. The van der Waals surface area contributed by atoms with E-state index in [0.717, 1.165) is 16.5 Å². The van der Waals surface area contributed by atoms with Crippen molar-refractivity contribution in [2.45, 2.75) is 6.54 Å². The van der Waals surface area contributed by atoms with Crippen molar-refractivity contribution < 1.29 is 14.3 Å². The summed E-state index contributed by atoms with van der Waals surface area (Å²) in [5, 5.41) is 3.95. The van der Waals surface area contributed by atoms with Gasteiger partial charge in [0.05, 0.1) is 5.52 Å². The number of para-hydroxylation sites is 1. The number of nitrogens with zero attached hydrogens (tertiary/aromatic N) is 1. The van der Waals surface area contributed by atoms with E-state index in [1.165, 1.54) is 0 Å². The molecule has 2 heterocycles. The van der Waals surface area contributed by atoms with Crippen molar-refractivity contribution in [3.8, 4) is 11.5 Å². The van der Waals surface area contributed by atoms with Crippen LogP contribution in [0, 0.1) is 0 Å². The Morgan fingerprint density at radius 1 is 1.09 bits per heavy atom. The van der Waals surface area contributed by atoms with Gasteiger partial charge in [0.25, 0.3) is 5.91 Å². The summed E-state index contributed by atoms with van der Waals surface area (Å²) >= 11 is 0. The maximum Gasteiger partial charge on any atom is 0.251 e. The number of carbonyl (C=O) groups is 1. The third-order valence-corrected chi connectivity index (χ3v) is 3.73. The van der Waals surface area contributed by atoms with Crippen molar-refractivity contribution in [3.63, 3.8) is 0 Å². The van der Waals surface area contributed by atoms with Crippen molar-refractivity contribution in [1.82, 2.24) is 10.3 Å². The second-order valence-electron chi connectivity index (χ2n) is 5.29. The smallest absolute Gasteiger partial charge is 0.251 e. The number of hydrogen-bond donors (Lipinski definition) is 1. The lowest BCUT2D eigenvalue weighted by atomic mass is 10.1. The van der Waals surface area contributed by atoms with Gasteiger partial charge in [0.15, 0.2) is 11.5 Å². The van der Waals surface area contributed by atoms with E-state index in [9.17, 15) is 4.79 Å². The van der Waals surface area contributed by atoms with Crippen molar-refractivity contribution in [2.24, 2.45) is 0 Å². The molecule has 0 spiro atoms. The van der Waals surface area contributed by atoms with Gasteiger partial charge in [-0.3, -0.25) is 9.78 Å². The van der Waals surface area contributed by atoms with Gasteiger partial charge in [0, 0.05) is 23.7 Å². The summed E-state index contributed by atoms with van der Waals surface area (Å²) in [6.07, 6.45) is 1.78. The van der Waals surface area contributed by atoms with Gasteiger partial charge < -0.3 is 14.8 Å². The minimum atomic E-state index is -0.156. The third kappa shape index (κ3) is 2.68. The topological polar surface area (TPSA) is 60.5 Å². The molecule has 2 aromatic carbocycles. The van der Waals surface area contributed by atoms with E-state index >= 15 is 0 Å². The highest BCUT2D eigenvalue weighted by Crippen LogP contribution is 2.32. The number of ether oxygens (including phenoxy) is 2. The highest BCUT2D eigenvalue weighted by molar-refractivity contribution is 5.95. The number of fused-ring (bicyclic) bond motifs is 2. The molecule has 0 radical (unpaired) electrons. The van der Waals surface area contributed by atoms with Crippen LogP contribution < -0.4 is 14.8 Å². The molecule has 1 N–H and O–H groups in total. The average Bonchev–Trinajstić information content (AvgIpc) is 3.07. The number of pyridine rings is 1. The maximum absolute atomic E-state index is 12.3. The van der Waals surface area contributed by atoms with E-state index < -0.39 is 0 Å². The first kappa shape index (κ1) is 13.6. The Bertz CT molecular complexity index is 892. The summed E-state index contributed by atoms with van der Waals surface area (Å²) in [6, 6.07) is 15.1. The van der Waals surface area contributed by atoms with Crippen LogP contribution in [-0.2, 0) is 6.54 Å². The molecule has 0 fully saturated rings. The molecule has 1 aromatic heterocycles. The van der Waals surface area contributed by atoms with Gasteiger partial charge >= 0.3 is 0 Å². The Labute approximate surface area is 132 Å². The highest BCUT2D eigenvalue weighted by atomic mass is 16.7. The monoisotopic (exact) mass is 306 g/mol. The van der Waals surface area contributed by atoms with E-state index in [1.807, 2.05) is 30.3 Å². The molecular weight excluding hydrogens is 292 g/mol. The largest absolute Gasteiger partial charge is 0.454 e. The molecule has 114 valence electrons. The minimum absolute atomic E-state index is 0.156. The fourth-order valence-corrected chi connectivity index (χ4v) is 2.54. The van der Waals surface area contributed by atoms with Crippen molar-refractivity contribution in [2.75, 3.05) is 6.79 Å². The predicted molar refractivity (Wildman–Crippen MR) is 85.5 cm³/mol. The first-order chi connectivity index (χ1) is 11.3. The maximum atomic E-state index is 12.3. The number of carbonyl (C=O) groups excluding carboxylic acids is 1. The van der Waals surface area contributed by atoms with Gasteiger partial charge in [-0.2, -0.15) is 0 Å². The zero-order chi connectivity index (χ0) is 15.6. The molecule has 0 saturated heterocycles. The van der Waals surface area contributed by atoms with Crippen LogP contribution in [0.15, 0.2) is 54.7 Å². The summed E-state index contributed by atoms with van der Waals surface area (Å²) in [6.45, 7) is 0.619. The molecule has 0 aliphatic carbocycles. The molecule has 1 aliphatic heterocycles. The van der Waals surface area contributed by atoms with Crippen LogP contribution in [0.3, 0.4) is 0 Å². The molecule has 23 heavy (non-hydrogen) atoms. The standard InChI is InChI=1S/C18H14N2O3/c21-18(14-5-6-16-17(8-14)23-11-22-16)20-10-12-7-13-3-1-2-4-15(13)19-9-12/h1-9H,10-11H2,(H,20,21).